The minimum Gasteiger partial charge on any atom is -0.481 e. The zero-order valence-corrected chi connectivity index (χ0v) is 16.3. The molecule has 212 valence electrons. The Morgan fingerprint density at radius 3 is 1.19 bits per heavy atom. The summed E-state index contributed by atoms with van der Waals surface area (Å²) in [6, 6.07) is 0. The third-order valence-corrected chi connectivity index (χ3v) is 4.25. The summed E-state index contributed by atoms with van der Waals surface area (Å²) in [7, 11) is 0. The number of carbonyl (C=O) groups is 2. The molecule has 0 aromatic carbocycles. The molecule has 0 radical (unpaired) electrons. The molecule has 0 aromatic heterocycles. The fourth-order valence-electron chi connectivity index (χ4n) is 2.18. The van der Waals surface area contributed by atoms with E-state index in [1.54, 1.807) is 0 Å². The van der Waals surface area contributed by atoms with Crippen LogP contribution in [0.3, 0.4) is 0 Å². The third-order valence-electron chi connectivity index (χ3n) is 4.25. The zero-order chi connectivity index (χ0) is 29.6. The number of allylic oxidation sites excluding steroid dienone is 1. The van der Waals surface area contributed by atoms with Gasteiger partial charge in [0.1, 0.15) is 0 Å². The Kier molecular flexibility index (Phi) is 8.76. The fourth-order valence-corrected chi connectivity index (χ4v) is 2.18. The van der Waals surface area contributed by atoms with Crippen LogP contribution in [0.4, 0.5) is 74.6 Å². The van der Waals surface area contributed by atoms with Gasteiger partial charge in [0.15, 0.2) is 0 Å². The molecule has 0 saturated carbocycles. The number of aliphatic carboxylic acids is 2. The molecule has 0 amide bonds. The van der Waals surface area contributed by atoms with Gasteiger partial charge in [0.25, 0.3) is 0 Å². The number of carboxylic acids is 2. The molecule has 0 heterocycles. The lowest BCUT2D eigenvalue weighted by Crippen LogP contribution is -2.74. The lowest BCUT2D eigenvalue weighted by molar-refractivity contribution is -0.461. The number of alkyl halides is 17. The van der Waals surface area contributed by atoms with Gasteiger partial charge in [0.05, 0.1) is 6.42 Å². The van der Waals surface area contributed by atoms with E-state index in [1.165, 1.54) is 0 Å². The number of carboxylic acid groups (broad SMARTS) is 2. The lowest BCUT2D eigenvalue weighted by Gasteiger charge is -2.42. The van der Waals surface area contributed by atoms with Crippen LogP contribution in [-0.2, 0) is 9.59 Å². The quantitative estimate of drug-likeness (QED) is 0.213. The molecule has 21 heteroatoms. The molecule has 0 unspecified atom stereocenters. The number of halogens is 17. The Hall–Kier alpha value is -2.51. The SMILES string of the molecule is O=C(O)CC(=CCCC(F)(F)C(F)(F)C(F)(F)C(F)(F)C(F)(F)C(F)(F)C(F)(F)C(F)(F)F)C(=O)O. The standard InChI is InChI=1S/C15H9F17O4/c16-8(17,3-1-2-5(7(35)36)4-6(33)34)9(18,19)10(20,21)11(22,23)12(24,25)13(26,27)14(28,29)15(30,31)32/h2H,1,3-4H2,(H,33,34)(H,35,36). The van der Waals surface area contributed by atoms with Crippen molar-refractivity contribution in [2.24, 2.45) is 0 Å². The van der Waals surface area contributed by atoms with E-state index in [1.807, 2.05) is 0 Å². The van der Waals surface area contributed by atoms with Gasteiger partial charge in [-0.15, -0.1) is 0 Å². The van der Waals surface area contributed by atoms with Crippen molar-refractivity contribution in [1.29, 1.82) is 0 Å². The van der Waals surface area contributed by atoms with Gasteiger partial charge in [-0.2, -0.15) is 74.6 Å². The molecule has 36 heavy (non-hydrogen) atoms. The number of hydrogen-bond acceptors (Lipinski definition) is 2. The van der Waals surface area contributed by atoms with Crippen molar-refractivity contribution in [2.45, 2.75) is 66.9 Å². The summed E-state index contributed by atoms with van der Waals surface area (Å²) in [5.41, 5.74) is -1.36. The summed E-state index contributed by atoms with van der Waals surface area (Å²) >= 11 is 0. The molecule has 0 aromatic rings. The van der Waals surface area contributed by atoms with Crippen molar-refractivity contribution in [2.75, 3.05) is 0 Å². The summed E-state index contributed by atoms with van der Waals surface area (Å²) in [5, 5.41) is 16.9. The van der Waals surface area contributed by atoms with Gasteiger partial charge in [-0.05, 0) is 6.42 Å². The first-order valence-electron chi connectivity index (χ1n) is 8.33. The first kappa shape index (κ1) is 33.5. The Bertz CT molecular complexity index is 872. The Morgan fingerprint density at radius 2 is 0.889 bits per heavy atom. The average molecular weight is 576 g/mol. The van der Waals surface area contributed by atoms with Crippen LogP contribution < -0.4 is 0 Å². The molecule has 0 rings (SSSR count). The van der Waals surface area contributed by atoms with Crippen molar-refractivity contribution in [3.8, 4) is 0 Å². The first-order valence-corrected chi connectivity index (χ1v) is 8.33. The van der Waals surface area contributed by atoms with Crippen LogP contribution in [-0.4, -0.2) is 69.8 Å². The summed E-state index contributed by atoms with van der Waals surface area (Å²) in [4.78, 5) is 21.0. The van der Waals surface area contributed by atoms with Gasteiger partial charge >= 0.3 is 59.6 Å². The van der Waals surface area contributed by atoms with E-state index in [2.05, 4.69) is 0 Å². The van der Waals surface area contributed by atoms with E-state index in [0.29, 0.717) is 0 Å². The van der Waals surface area contributed by atoms with Gasteiger partial charge in [0.2, 0.25) is 0 Å². The number of rotatable bonds is 12. The Labute approximate surface area is 186 Å². The minimum atomic E-state index is -8.74. The van der Waals surface area contributed by atoms with E-state index in [-0.39, 0.29) is 6.08 Å². The topological polar surface area (TPSA) is 74.6 Å². The fraction of sp³-hybridized carbons (Fsp3) is 0.733. The molecule has 2 N–H and O–H groups in total. The average Bonchev–Trinajstić information content (AvgIpc) is 2.64. The van der Waals surface area contributed by atoms with Crippen molar-refractivity contribution in [3.05, 3.63) is 11.6 Å². The van der Waals surface area contributed by atoms with Gasteiger partial charge in [-0.25, -0.2) is 4.79 Å². The van der Waals surface area contributed by atoms with Crippen LogP contribution in [0.15, 0.2) is 11.6 Å². The van der Waals surface area contributed by atoms with Crippen molar-refractivity contribution < 1.29 is 94.4 Å². The van der Waals surface area contributed by atoms with E-state index >= 15 is 0 Å². The summed E-state index contributed by atoms with van der Waals surface area (Å²) in [6.45, 7) is 0. The molecule has 0 bridgehead atoms. The smallest absolute Gasteiger partial charge is 0.460 e. The van der Waals surface area contributed by atoms with E-state index < -0.39 is 84.4 Å². The second kappa shape index (κ2) is 9.42. The molecule has 4 nitrogen and oxygen atoms in total. The molecule has 0 aliphatic heterocycles. The van der Waals surface area contributed by atoms with E-state index in [0.717, 1.165) is 0 Å². The third kappa shape index (κ3) is 5.14. The van der Waals surface area contributed by atoms with Gasteiger partial charge < -0.3 is 10.2 Å². The molecular weight excluding hydrogens is 567 g/mol. The highest BCUT2D eigenvalue weighted by molar-refractivity contribution is 5.92. The molecule has 0 fully saturated rings. The predicted molar refractivity (Wildman–Crippen MR) is 77.9 cm³/mol. The molecule has 0 aliphatic carbocycles. The largest absolute Gasteiger partial charge is 0.481 e. The van der Waals surface area contributed by atoms with Crippen LogP contribution in [0.25, 0.3) is 0 Å². The number of hydrogen-bond donors (Lipinski definition) is 2. The second-order valence-electron chi connectivity index (χ2n) is 6.79. The van der Waals surface area contributed by atoms with Crippen LogP contribution >= 0.6 is 0 Å². The minimum absolute atomic E-state index is 0.136. The van der Waals surface area contributed by atoms with Crippen molar-refractivity contribution in [1.82, 2.24) is 0 Å². The monoisotopic (exact) mass is 576 g/mol. The van der Waals surface area contributed by atoms with Gasteiger partial charge in [0, 0.05) is 12.0 Å². The highest BCUT2D eigenvalue weighted by Crippen LogP contribution is 2.64. The van der Waals surface area contributed by atoms with Gasteiger partial charge in [-0.3, -0.25) is 4.79 Å². The lowest BCUT2D eigenvalue weighted by atomic mass is 9.88. The zero-order valence-electron chi connectivity index (χ0n) is 16.3. The maximum Gasteiger partial charge on any atom is 0.460 e. The summed E-state index contributed by atoms with van der Waals surface area (Å²) < 4.78 is 223. The molecule has 0 saturated heterocycles. The second-order valence-corrected chi connectivity index (χ2v) is 6.79. The van der Waals surface area contributed by atoms with E-state index in [4.69, 9.17) is 10.2 Å². The maximum absolute atomic E-state index is 13.6. The van der Waals surface area contributed by atoms with E-state index in [9.17, 15) is 84.2 Å². The van der Waals surface area contributed by atoms with Crippen LogP contribution in [0.5, 0.6) is 0 Å². The highest BCUT2D eigenvalue weighted by Gasteiger charge is 2.95. The summed E-state index contributed by atoms with van der Waals surface area (Å²) in [5.74, 6) is -61.4. The molecule has 0 aliphatic rings. The molecule has 0 spiro atoms. The Morgan fingerprint density at radius 1 is 0.556 bits per heavy atom. The first-order chi connectivity index (χ1) is 15.5. The maximum atomic E-state index is 13.6. The van der Waals surface area contributed by atoms with Crippen molar-refractivity contribution in [3.63, 3.8) is 0 Å². The molecule has 0 atom stereocenters. The van der Waals surface area contributed by atoms with Crippen molar-refractivity contribution >= 4 is 11.9 Å². The van der Waals surface area contributed by atoms with Gasteiger partial charge in [-0.1, -0.05) is 6.08 Å². The predicted octanol–water partition coefficient (Wildman–Crippen LogP) is 6.26. The normalized spacial score (nSPS) is 15.8. The highest BCUT2D eigenvalue weighted by atomic mass is 19.4. The summed E-state index contributed by atoms with van der Waals surface area (Å²) in [6.07, 6.45) is -14.2. The van der Waals surface area contributed by atoms with Crippen LogP contribution in [0.2, 0.25) is 0 Å². The van der Waals surface area contributed by atoms with Crippen LogP contribution in [0, 0.1) is 0 Å². The van der Waals surface area contributed by atoms with Crippen LogP contribution in [0.1, 0.15) is 19.3 Å². The molecular formula is C15H9F17O4. The Balaban J connectivity index is 6.46.